The van der Waals surface area contributed by atoms with Crippen LogP contribution in [-0.4, -0.2) is 5.78 Å². The van der Waals surface area contributed by atoms with E-state index in [1.807, 2.05) is 0 Å². The Labute approximate surface area is 86.3 Å². The van der Waals surface area contributed by atoms with Crippen LogP contribution in [0, 0.1) is 17.2 Å². The third-order valence-corrected chi connectivity index (χ3v) is 2.99. The highest BCUT2D eigenvalue weighted by molar-refractivity contribution is 5.79. The number of carbonyl (C=O) groups is 1. The minimum atomic E-state index is 0.457. The molecule has 0 aromatic heterocycles. The molecule has 78 valence electrons. The molecule has 1 fully saturated rings. The molecular formula is C12H19NO. The van der Waals surface area contributed by atoms with Gasteiger partial charge in [-0.2, -0.15) is 5.26 Å². The second-order valence-electron chi connectivity index (χ2n) is 4.26. The van der Waals surface area contributed by atoms with Gasteiger partial charge in [0.05, 0.1) is 6.07 Å². The lowest BCUT2D eigenvalue weighted by atomic mass is 9.85. The number of hydrogen-bond donors (Lipinski definition) is 0. The van der Waals surface area contributed by atoms with Gasteiger partial charge in [0.2, 0.25) is 0 Å². The zero-order chi connectivity index (χ0) is 10.2. The average molecular weight is 193 g/mol. The maximum atomic E-state index is 11.2. The van der Waals surface area contributed by atoms with Crippen LogP contribution in [0.5, 0.6) is 0 Å². The number of rotatable bonds is 5. The van der Waals surface area contributed by atoms with Crippen molar-refractivity contribution >= 4 is 5.78 Å². The molecule has 0 spiro atoms. The van der Waals surface area contributed by atoms with Crippen molar-refractivity contribution in [2.75, 3.05) is 0 Å². The Morgan fingerprint density at radius 3 is 2.93 bits per heavy atom. The predicted molar refractivity (Wildman–Crippen MR) is 55.7 cm³/mol. The maximum absolute atomic E-state index is 11.2. The molecule has 2 nitrogen and oxygen atoms in total. The third kappa shape index (κ3) is 4.41. The Hall–Kier alpha value is -0.840. The first kappa shape index (κ1) is 11.2. The van der Waals surface area contributed by atoms with E-state index in [-0.39, 0.29) is 0 Å². The van der Waals surface area contributed by atoms with E-state index >= 15 is 0 Å². The highest BCUT2D eigenvalue weighted by atomic mass is 16.1. The smallest absolute Gasteiger partial charge is 0.133 e. The van der Waals surface area contributed by atoms with Crippen LogP contribution >= 0.6 is 0 Å². The molecule has 0 unspecified atom stereocenters. The minimum absolute atomic E-state index is 0.457. The van der Waals surface area contributed by atoms with Gasteiger partial charge in [-0.25, -0.2) is 0 Å². The number of ketones is 1. The van der Waals surface area contributed by atoms with Crippen molar-refractivity contribution in [3.05, 3.63) is 0 Å². The summed E-state index contributed by atoms with van der Waals surface area (Å²) in [5, 5.41) is 8.35. The number of hydrogen-bond acceptors (Lipinski definition) is 2. The lowest BCUT2D eigenvalue weighted by molar-refractivity contribution is -0.121. The Morgan fingerprint density at radius 2 is 2.21 bits per heavy atom. The van der Waals surface area contributed by atoms with Gasteiger partial charge in [-0.3, -0.25) is 4.79 Å². The van der Waals surface area contributed by atoms with Gasteiger partial charge in [-0.1, -0.05) is 19.3 Å². The zero-order valence-electron chi connectivity index (χ0n) is 8.80. The average Bonchev–Trinajstić information content (AvgIpc) is 2.18. The Kier molecular flexibility index (Phi) is 5.29. The summed E-state index contributed by atoms with van der Waals surface area (Å²) in [6.45, 7) is 0. The van der Waals surface area contributed by atoms with Crippen LogP contribution in [0.25, 0.3) is 0 Å². The van der Waals surface area contributed by atoms with Gasteiger partial charge < -0.3 is 0 Å². The van der Waals surface area contributed by atoms with E-state index < -0.39 is 0 Å². The zero-order valence-corrected chi connectivity index (χ0v) is 8.80. The van der Waals surface area contributed by atoms with E-state index in [0.29, 0.717) is 18.1 Å². The van der Waals surface area contributed by atoms with Gasteiger partial charge in [0.15, 0.2) is 0 Å². The molecule has 0 aromatic rings. The third-order valence-electron chi connectivity index (χ3n) is 2.99. The van der Waals surface area contributed by atoms with Crippen LogP contribution in [0.15, 0.2) is 0 Å². The highest BCUT2D eigenvalue weighted by Crippen LogP contribution is 2.26. The second kappa shape index (κ2) is 6.59. The molecule has 0 N–H and O–H groups in total. The van der Waals surface area contributed by atoms with Gasteiger partial charge >= 0.3 is 0 Å². The van der Waals surface area contributed by atoms with E-state index in [4.69, 9.17) is 5.26 Å². The second-order valence-corrected chi connectivity index (χ2v) is 4.26. The van der Waals surface area contributed by atoms with E-state index in [1.54, 1.807) is 0 Å². The summed E-state index contributed by atoms with van der Waals surface area (Å²) < 4.78 is 0. The number of Topliss-reactive ketones (excluding diaryl/α,β-unsaturated/α-hetero) is 1. The Bertz CT molecular complexity index is 217. The van der Waals surface area contributed by atoms with Crippen molar-refractivity contribution in [3.8, 4) is 6.07 Å². The molecule has 1 rings (SSSR count). The standard InChI is InChI=1S/C12H19NO/c13-9-4-2-1-3-6-11-7-5-8-12(14)10-11/h11H,1-8,10H2/t11-/m1/s1. The molecule has 1 atom stereocenters. The monoisotopic (exact) mass is 193 g/mol. The predicted octanol–water partition coefficient (Wildman–Crippen LogP) is 3.22. The fourth-order valence-corrected chi connectivity index (χ4v) is 2.17. The summed E-state index contributed by atoms with van der Waals surface area (Å²) in [7, 11) is 0. The lowest BCUT2D eigenvalue weighted by Gasteiger charge is -2.20. The lowest BCUT2D eigenvalue weighted by Crippen LogP contribution is -2.14. The van der Waals surface area contributed by atoms with Crippen molar-refractivity contribution in [3.63, 3.8) is 0 Å². The molecule has 0 heterocycles. The fourth-order valence-electron chi connectivity index (χ4n) is 2.17. The van der Waals surface area contributed by atoms with Crippen molar-refractivity contribution in [1.82, 2.24) is 0 Å². The maximum Gasteiger partial charge on any atom is 0.133 e. The SMILES string of the molecule is N#CCCCCC[C@@H]1CCCC(=O)C1. The Morgan fingerprint density at radius 1 is 1.36 bits per heavy atom. The van der Waals surface area contributed by atoms with E-state index in [2.05, 4.69) is 6.07 Å². The minimum Gasteiger partial charge on any atom is -0.300 e. The van der Waals surface area contributed by atoms with Crippen LogP contribution in [0.3, 0.4) is 0 Å². The number of unbranched alkanes of at least 4 members (excludes halogenated alkanes) is 3. The summed E-state index contributed by atoms with van der Waals surface area (Å²) in [5.41, 5.74) is 0. The van der Waals surface area contributed by atoms with Gasteiger partial charge in [0.25, 0.3) is 0 Å². The molecule has 1 aliphatic carbocycles. The summed E-state index contributed by atoms with van der Waals surface area (Å²) >= 11 is 0. The molecule has 1 saturated carbocycles. The van der Waals surface area contributed by atoms with Crippen LogP contribution in [0.1, 0.15) is 57.8 Å². The quantitative estimate of drug-likeness (QED) is 0.629. The molecule has 0 amide bonds. The van der Waals surface area contributed by atoms with Crippen molar-refractivity contribution in [1.29, 1.82) is 5.26 Å². The summed E-state index contributed by atoms with van der Waals surface area (Å²) in [4.78, 5) is 11.2. The topological polar surface area (TPSA) is 40.9 Å². The summed E-state index contributed by atoms with van der Waals surface area (Å²) in [6.07, 6.45) is 9.21. The van der Waals surface area contributed by atoms with E-state index in [0.717, 1.165) is 32.1 Å². The van der Waals surface area contributed by atoms with Gasteiger partial charge in [-0.05, 0) is 25.2 Å². The van der Waals surface area contributed by atoms with Crippen LogP contribution < -0.4 is 0 Å². The molecule has 14 heavy (non-hydrogen) atoms. The fraction of sp³-hybridized carbons (Fsp3) is 0.833. The molecule has 2 heteroatoms. The molecule has 0 aromatic carbocycles. The van der Waals surface area contributed by atoms with Crippen molar-refractivity contribution in [2.24, 2.45) is 5.92 Å². The molecule has 0 saturated heterocycles. The number of nitriles is 1. The van der Waals surface area contributed by atoms with E-state index in [1.165, 1.54) is 19.3 Å². The molecule has 0 aliphatic heterocycles. The van der Waals surface area contributed by atoms with Gasteiger partial charge in [0.1, 0.15) is 5.78 Å². The van der Waals surface area contributed by atoms with Crippen LogP contribution in [0.4, 0.5) is 0 Å². The van der Waals surface area contributed by atoms with E-state index in [9.17, 15) is 4.79 Å². The number of carbonyl (C=O) groups excluding carboxylic acids is 1. The Balaban J connectivity index is 2.01. The molecule has 0 bridgehead atoms. The van der Waals surface area contributed by atoms with Crippen LogP contribution in [0.2, 0.25) is 0 Å². The highest BCUT2D eigenvalue weighted by Gasteiger charge is 2.18. The van der Waals surface area contributed by atoms with Gasteiger partial charge in [-0.15, -0.1) is 0 Å². The summed E-state index contributed by atoms with van der Waals surface area (Å²) in [6, 6.07) is 2.16. The summed E-state index contributed by atoms with van der Waals surface area (Å²) in [5.74, 6) is 1.11. The van der Waals surface area contributed by atoms with Crippen LogP contribution in [-0.2, 0) is 4.79 Å². The van der Waals surface area contributed by atoms with Crippen molar-refractivity contribution < 1.29 is 4.79 Å². The number of nitrogens with zero attached hydrogens (tertiary/aromatic N) is 1. The molecule has 1 aliphatic rings. The normalized spacial score (nSPS) is 21.9. The molecule has 0 radical (unpaired) electrons. The van der Waals surface area contributed by atoms with Crippen molar-refractivity contribution in [2.45, 2.75) is 57.8 Å². The molecular weight excluding hydrogens is 174 g/mol. The first-order valence-electron chi connectivity index (χ1n) is 5.71. The largest absolute Gasteiger partial charge is 0.300 e. The first-order chi connectivity index (χ1) is 6.83. The first-order valence-corrected chi connectivity index (χ1v) is 5.71. The van der Waals surface area contributed by atoms with Gasteiger partial charge in [0, 0.05) is 19.3 Å².